The second kappa shape index (κ2) is 4.58. The number of rotatable bonds is 2. The van der Waals surface area contributed by atoms with Crippen LogP contribution < -0.4 is 5.73 Å². The first-order chi connectivity index (χ1) is 6.77. The molecule has 0 aromatic carbocycles. The van der Waals surface area contributed by atoms with E-state index in [1.807, 2.05) is 0 Å². The van der Waals surface area contributed by atoms with Crippen molar-refractivity contribution in [2.75, 3.05) is 0 Å². The summed E-state index contributed by atoms with van der Waals surface area (Å²) < 4.78 is 0. The summed E-state index contributed by atoms with van der Waals surface area (Å²) in [5.41, 5.74) is 5.98. The topological polar surface area (TPSA) is 98.8 Å². The van der Waals surface area contributed by atoms with Gasteiger partial charge in [-0.15, -0.1) is 0 Å². The number of hydrogen-bond donors (Lipinski definition) is 1. The van der Waals surface area contributed by atoms with Crippen molar-refractivity contribution in [3.63, 3.8) is 0 Å². The maximum Gasteiger partial charge on any atom is 0.189 e. The van der Waals surface area contributed by atoms with Gasteiger partial charge < -0.3 is 5.73 Å². The molecule has 0 spiro atoms. The predicted octanol–water partition coefficient (Wildman–Crippen LogP) is 0.734. The molecule has 14 heavy (non-hydrogen) atoms. The summed E-state index contributed by atoms with van der Waals surface area (Å²) in [4.78, 5) is 7.71. The van der Waals surface area contributed by atoms with Crippen molar-refractivity contribution in [3.05, 3.63) is 24.5 Å². The molecule has 2 N–H and O–H groups in total. The van der Waals surface area contributed by atoms with E-state index in [4.69, 9.17) is 16.3 Å². The molecule has 0 saturated carbocycles. The van der Waals surface area contributed by atoms with Crippen molar-refractivity contribution >= 4 is 11.5 Å². The van der Waals surface area contributed by atoms with Crippen LogP contribution in [0.15, 0.2) is 29.5 Å². The molecule has 1 aromatic heterocycles. The Morgan fingerprint density at radius 1 is 1.50 bits per heavy atom. The summed E-state index contributed by atoms with van der Waals surface area (Å²) in [6, 6.07) is 6.85. The smallest absolute Gasteiger partial charge is 0.189 e. The Morgan fingerprint density at radius 2 is 2.21 bits per heavy atom. The monoisotopic (exact) mass is 185 g/mol. The third-order valence-corrected chi connectivity index (χ3v) is 1.46. The van der Waals surface area contributed by atoms with Crippen LogP contribution in [0.1, 0.15) is 0 Å². The van der Waals surface area contributed by atoms with Crippen LogP contribution in [0, 0.1) is 28.6 Å². The van der Waals surface area contributed by atoms with Crippen molar-refractivity contribution in [1.29, 1.82) is 10.5 Å². The SMILES string of the molecule is N#CC(C#N)C(N)=Nc1cccnc1. The van der Waals surface area contributed by atoms with E-state index in [0.29, 0.717) is 5.69 Å². The number of pyridine rings is 1. The van der Waals surface area contributed by atoms with Gasteiger partial charge in [-0.2, -0.15) is 10.5 Å². The van der Waals surface area contributed by atoms with Gasteiger partial charge in [0.05, 0.1) is 24.0 Å². The third-order valence-electron chi connectivity index (χ3n) is 1.46. The molecule has 0 saturated heterocycles. The highest BCUT2D eigenvalue weighted by Gasteiger charge is 2.09. The van der Waals surface area contributed by atoms with Gasteiger partial charge in [0.15, 0.2) is 5.92 Å². The molecular weight excluding hydrogens is 178 g/mol. The van der Waals surface area contributed by atoms with Gasteiger partial charge >= 0.3 is 0 Å². The van der Waals surface area contributed by atoms with Crippen molar-refractivity contribution in [2.45, 2.75) is 0 Å². The van der Waals surface area contributed by atoms with Crippen molar-refractivity contribution in [3.8, 4) is 12.1 Å². The van der Waals surface area contributed by atoms with E-state index in [1.165, 1.54) is 6.20 Å². The summed E-state index contributed by atoms with van der Waals surface area (Å²) in [6.07, 6.45) is 3.10. The zero-order chi connectivity index (χ0) is 10.4. The second-order valence-corrected chi connectivity index (χ2v) is 2.44. The first kappa shape index (κ1) is 9.69. The highest BCUT2D eigenvalue weighted by Crippen LogP contribution is 2.09. The van der Waals surface area contributed by atoms with Gasteiger partial charge in [-0.05, 0) is 12.1 Å². The lowest BCUT2D eigenvalue weighted by molar-refractivity contribution is 1.12. The van der Waals surface area contributed by atoms with E-state index in [2.05, 4.69) is 9.98 Å². The van der Waals surface area contributed by atoms with E-state index in [0.717, 1.165) is 0 Å². The number of hydrogen-bond acceptors (Lipinski definition) is 4. The van der Waals surface area contributed by atoms with Gasteiger partial charge in [-0.3, -0.25) is 4.98 Å². The molecule has 0 unspecified atom stereocenters. The van der Waals surface area contributed by atoms with Crippen LogP contribution in [0.5, 0.6) is 0 Å². The lowest BCUT2D eigenvalue weighted by Gasteiger charge is -1.98. The zero-order valence-corrected chi connectivity index (χ0v) is 7.25. The number of nitriles is 2. The largest absolute Gasteiger partial charge is 0.385 e. The standard InChI is InChI=1S/C9H7N5/c10-4-7(5-11)9(12)14-8-2-1-3-13-6-8/h1-3,6-7H,(H2,12,14). The maximum absolute atomic E-state index is 8.53. The van der Waals surface area contributed by atoms with Gasteiger partial charge in [0.1, 0.15) is 5.84 Å². The zero-order valence-electron chi connectivity index (χ0n) is 7.25. The molecule has 1 aromatic rings. The minimum atomic E-state index is -1.00. The molecule has 5 nitrogen and oxygen atoms in total. The molecule has 1 rings (SSSR count). The lowest BCUT2D eigenvalue weighted by atomic mass is 10.2. The fraction of sp³-hybridized carbons (Fsp3) is 0.111. The summed E-state index contributed by atoms with van der Waals surface area (Å²) in [5.74, 6) is -1.02. The van der Waals surface area contributed by atoms with Crippen molar-refractivity contribution < 1.29 is 0 Å². The predicted molar refractivity (Wildman–Crippen MR) is 50.2 cm³/mol. The molecule has 1 heterocycles. The highest BCUT2D eigenvalue weighted by atomic mass is 14.9. The molecular formula is C9H7N5. The van der Waals surface area contributed by atoms with Gasteiger partial charge in [0, 0.05) is 6.20 Å². The minimum absolute atomic E-state index is 0.0111. The van der Waals surface area contributed by atoms with E-state index < -0.39 is 5.92 Å². The maximum atomic E-state index is 8.53. The van der Waals surface area contributed by atoms with Crippen LogP contribution in [-0.2, 0) is 0 Å². The van der Waals surface area contributed by atoms with Crippen LogP contribution in [0.2, 0.25) is 0 Å². The quantitative estimate of drug-likeness (QED) is 0.542. The fourth-order valence-electron chi connectivity index (χ4n) is 0.795. The Hall–Kier alpha value is -2.40. The van der Waals surface area contributed by atoms with Crippen molar-refractivity contribution in [2.24, 2.45) is 16.6 Å². The molecule has 0 aliphatic carbocycles. The van der Waals surface area contributed by atoms with Crippen LogP contribution >= 0.6 is 0 Å². The summed E-state index contributed by atoms with van der Waals surface area (Å²) in [5, 5.41) is 17.1. The van der Waals surface area contributed by atoms with E-state index >= 15 is 0 Å². The Kier molecular flexibility index (Phi) is 3.17. The molecule has 0 atom stereocenters. The Balaban J connectivity index is 2.91. The van der Waals surface area contributed by atoms with Crippen LogP contribution in [-0.4, -0.2) is 10.8 Å². The number of nitrogens with two attached hydrogens (primary N) is 1. The summed E-state index contributed by atoms with van der Waals surface area (Å²) >= 11 is 0. The Labute approximate surface area is 81.1 Å². The van der Waals surface area contributed by atoms with Crippen LogP contribution in [0.25, 0.3) is 0 Å². The average Bonchev–Trinajstić information content (AvgIpc) is 2.21. The Morgan fingerprint density at radius 3 is 2.71 bits per heavy atom. The molecule has 0 aliphatic rings. The number of aliphatic imine (C=N–C) groups is 1. The van der Waals surface area contributed by atoms with Crippen LogP contribution in [0.3, 0.4) is 0 Å². The lowest BCUT2D eigenvalue weighted by Crippen LogP contribution is -2.20. The van der Waals surface area contributed by atoms with E-state index in [-0.39, 0.29) is 5.84 Å². The average molecular weight is 185 g/mol. The minimum Gasteiger partial charge on any atom is -0.385 e. The van der Waals surface area contributed by atoms with Gasteiger partial charge in [0.2, 0.25) is 0 Å². The van der Waals surface area contributed by atoms with E-state index in [1.54, 1.807) is 30.5 Å². The van der Waals surface area contributed by atoms with Crippen molar-refractivity contribution in [1.82, 2.24) is 4.98 Å². The summed E-state index contributed by atoms with van der Waals surface area (Å²) in [6.45, 7) is 0. The Bertz CT molecular complexity index is 395. The highest BCUT2D eigenvalue weighted by molar-refractivity contribution is 5.89. The molecule has 0 radical (unpaired) electrons. The molecule has 68 valence electrons. The molecule has 0 fully saturated rings. The van der Waals surface area contributed by atoms with Crippen LogP contribution in [0.4, 0.5) is 5.69 Å². The van der Waals surface area contributed by atoms with Gasteiger partial charge in [0.25, 0.3) is 0 Å². The van der Waals surface area contributed by atoms with Gasteiger partial charge in [-0.1, -0.05) is 0 Å². The number of amidine groups is 1. The first-order valence-electron chi connectivity index (χ1n) is 3.81. The third kappa shape index (κ3) is 2.29. The fourth-order valence-corrected chi connectivity index (χ4v) is 0.795. The normalized spacial score (nSPS) is 10.6. The number of nitrogens with zero attached hydrogens (tertiary/aromatic N) is 4. The number of aromatic nitrogens is 1. The molecule has 0 bridgehead atoms. The molecule has 0 aliphatic heterocycles. The van der Waals surface area contributed by atoms with Gasteiger partial charge in [-0.25, -0.2) is 4.99 Å². The molecule has 5 heteroatoms. The van der Waals surface area contributed by atoms with E-state index in [9.17, 15) is 0 Å². The summed E-state index contributed by atoms with van der Waals surface area (Å²) in [7, 11) is 0. The molecule has 0 amide bonds. The second-order valence-electron chi connectivity index (χ2n) is 2.44. The first-order valence-corrected chi connectivity index (χ1v) is 3.81.